The van der Waals surface area contributed by atoms with Crippen LogP contribution in [0, 0.1) is 46.8 Å². The highest BCUT2D eigenvalue weighted by Gasteiger charge is 2.64. The van der Waals surface area contributed by atoms with Gasteiger partial charge in [0.1, 0.15) is 0 Å². The Morgan fingerprint density at radius 2 is 1.74 bits per heavy atom. The lowest BCUT2D eigenvalue weighted by molar-refractivity contribution is -0.227. The first kappa shape index (κ1) is 27.3. The Morgan fingerprint density at radius 3 is 2.43 bits per heavy atom. The molecular weight excluding hydrogens is 474 g/mol. The molecule has 0 aromatic carbocycles. The molecule has 6 N–H and O–H groups in total. The molecule has 9 nitrogen and oxygen atoms in total. The molecule has 4 fully saturated rings. The van der Waals surface area contributed by atoms with E-state index >= 15 is 0 Å². The Morgan fingerprint density at radius 1 is 1.03 bits per heavy atom. The Labute approximate surface area is 208 Å². The maximum Gasteiger partial charge on any atom is 0.266 e. The van der Waals surface area contributed by atoms with Crippen molar-refractivity contribution in [2.45, 2.75) is 89.6 Å². The second kappa shape index (κ2) is 10.2. The fraction of sp³-hybridized carbons (Fsp3) is 0.960. The van der Waals surface area contributed by atoms with E-state index in [1.165, 1.54) is 0 Å². The summed E-state index contributed by atoms with van der Waals surface area (Å²) < 4.78 is 30.4. The molecule has 0 aromatic heterocycles. The van der Waals surface area contributed by atoms with Gasteiger partial charge in [-0.05, 0) is 91.8 Å². The number of aliphatic hydroxyl groups excluding tert-OH is 4. The average molecular weight is 518 g/mol. The van der Waals surface area contributed by atoms with Gasteiger partial charge in [-0.3, -0.25) is 9.35 Å². The molecule has 0 bridgehead atoms. The molecule has 35 heavy (non-hydrogen) atoms. The van der Waals surface area contributed by atoms with E-state index in [9.17, 15) is 33.6 Å². The number of carbonyl (C=O) groups excluding carboxylic acids is 1. The fourth-order valence-electron chi connectivity index (χ4n) is 8.62. The molecule has 0 spiro atoms. The van der Waals surface area contributed by atoms with E-state index in [1.807, 2.05) is 0 Å². The number of hydrogen-bond acceptors (Lipinski definition) is 7. The average Bonchev–Trinajstić information content (AvgIpc) is 3.22. The summed E-state index contributed by atoms with van der Waals surface area (Å²) in [7, 11) is -4.11. The SMILES string of the molecule is C[C@H](CCC(=O)NCCS(=O)(=O)O)C1CC[C@@H]2[C@@H]1[C@@H](O)C[C@H]1[C@H]2[C@H](O)[C@H](O)[C@@H]2C[C@H](O)CC[C@@]21C. The first-order valence-corrected chi connectivity index (χ1v) is 14.9. The number of hydrogen-bond donors (Lipinski definition) is 6. The molecule has 0 heterocycles. The van der Waals surface area contributed by atoms with Gasteiger partial charge in [0.2, 0.25) is 5.91 Å². The number of fused-ring (bicyclic) bond motifs is 5. The summed E-state index contributed by atoms with van der Waals surface area (Å²) in [6, 6.07) is 0. The Hall–Kier alpha value is -0.780. The van der Waals surface area contributed by atoms with Crippen molar-refractivity contribution in [3.05, 3.63) is 0 Å². The van der Waals surface area contributed by atoms with Crippen LogP contribution in [-0.4, -0.2) is 76.0 Å². The number of nitrogens with one attached hydrogen (secondary N) is 1. The number of rotatable bonds is 7. The largest absolute Gasteiger partial charge is 0.393 e. The topological polar surface area (TPSA) is 164 Å². The smallest absolute Gasteiger partial charge is 0.266 e. The Bertz CT molecular complexity index is 883. The van der Waals surface area contributed by atoms with Crippen molar-refractivity contribution in [2.75, 3.05) is 12.3 Å². The van der Waals surface area contributed by atoms with Crippen LogP contribution in [0.5, 0.6) is 0 Å². The molecule has 4 aliphatic carbocycles. The normalized spacial score (nSPS) is 46.3. The first-order chi connectivity index (χ1) is 16.3. The maximum atomic E-state index is 12.1. The third-order valence-electron chi connectivity index (χ3n) is 10.4. The Kier molecular flexibility index (Phi) is 7.92. The van der Waals surface area contributed by atoms with Crippen molar-refractivity contribution in [1.29, 1.82) is 0 Å². The number of aliphatic hydroxyl groups is 4. The minimum absolute atomic E-state index is 0.0185. The van der Waals surface area contributed by atoms with Gasteiger partial charge in [-0.25, -0.2) is 0 Å². The number of carbonyl (C=O) groups is 1. The molecule has 1 amide bonds. The summed E-state index contributed by atoms with van der Waals surface area (Å²) in [5, 5.41) is 46.5. The summed E-state index contributed by atoms with van der Waals surface area (Å²) >= 11 is 0. The van der Waals surface area contributed by atoms with Gasteiger partial charge in [-0.2, -0.15) is 8.42 Å². The van der Waals surface area contributed by atoms with Gasteiger partial charge in [-0.1, -0.05) is 13.8 Å². The monoisotopic (exact) mass is 517 g/mol. The number of amides is 1. The highest BCUT2D eigenvalue weighted by atomic mass is 32.2. The second-order valence-corrected chi connectivity index (χ2v) is 13.7. The van der Waals surface area contributed by atoms with Crippen molar-refractivity contribution < 1.29 is 38.2 Å². The van der Waals surface area contributed by atoms with E-state index in [2.05, 4.69) is 19.2 Å². The molecule has 10 heteroatoms. The van der Waals surface area contributed by atoms with Crippen LogP contribution in [0.25, 0.3) is 0 Å². The maximum absolute atomic E-state index is 12.1. The highest BCUT2D eigenvalue weighted by Crippen LogP contribution is 2.64. The van der Waals surface area contributed by atoms with Crippen LogP contribution in [0.2, 0.25) is 0 Å². The lowest BCUT2D eigenvalue weighted by atomic mass is 9.45. The highest BCUT2D eigenvalue weighted by molar-refractivity contribution is 7.85. The van der Waals surface area contributed by atoms with Gasteiger partial charge >= 0.3 is 0 Å². The van der Waals surface area contributed by atoms with Crippen molar-refractivity contribution in [1.82, 2.24) is 5.32 Å². The van der Waals surface area contributed by atoms with Crippen LogP contribution >= 0.6 is 0 Å². The molecule has 1 unspecified atom stereocenters. The quantitative estimate of drug-likeness (QED) is 0.272. The van der Waals surface area contributed by atoms with Gasteiger partial charge < -0.3 is 25.7 Å². The molecule has 4 saturated carbocycles. The third kappa shape index (κ3) is 5.29. The van der Waals surface area contributed by atoms with Crippen LogP contribution in [0.4, 0.5) is 0 Å². The van der Waals surface area contributed by atoms with Crippen LogP contribution in [0.3, 0.4) is 0 Å². The van der Waals surface area contributed by atoms with Gasteiger partial charge in [0.25, 0.3) is 10.1 Å². The van der Waals surface area contributed by atoms with Gasteiger partial charge in [0, 0.05) is 13.0 Å². The van der Waals surface area contributed by atoms with E-state index in [0.717, 1.165) is 19.3 Å². The lowest BCUT2D eigenvalue weighted by Gasteiger charge is -2.62. The van der Waals surface area contributed by atoms with Crippen molar-refractivity contribution in [3.63, 3.8) is 0 Å². The zero-order valence-electron chi connectivity index (χ0n) is 20.8. The predicted molar refractivity (Wildman–Crippen MR) is 129 cm³/mol. The van der Waals surface area contributed by atoms with Crippen molar-refractivity contribution in [2.24, 2.45) is 46.8 Å². The predicted octanol–water partition coefficient (Wildman–Crippen LogP) is 0.949. The molecule has 12 atom stereocenters. The Balaban J connectivity index is 1.41. The second-order valence-electron chi connectivity index (χ2n) is 12.1. The molecule has 0 aromatic rings. The van der Waals surface area contributed by atoms with Gasteiger partial charge in [0.05, 0.1) is 30.2 Å². The zero-order chi connectivity index (χ0) is 25.7. The molecule has 4 rings (SSSR count). The van der Waals surface area contributed by atoms with Crippen LogP contribution in [0.15, 0.2) is 0 Å². The van der Waals surface area contributed by atoms with Crippen LogP contribution in [0.1, 0.15) is 65.2 Å². The van der Waals surface area contributed by atoms with Crippen LogP contribution in [-0.2, 0) is 14.9 Å². The molecule has 0 saturated heterocycles. The van der Waals surface area contributed by atoms with Crippen molar-refractivity contribution in [3.8, 4) is 0 Å². The summed E-state index contributed by atoms with van der Waals surface area (Å²) in [6.07, 6.45) is 2.54. The molecule has 202 valence electrons. The van der Waals surface area contributed by atoms with Crippen molar-refractivity contribution >= 4 is 16.0 Å². The molecular formula is C25H43NO8S. The first-order valence-electron chi connectivity index (χ1n) is 13.3. The fourth-order valence-corrected chi connectivity index (χ4v) is 8.98. The van der Waals surface area contributed by atoms with E-state index in [4.69, 9.17) is 4.55 Å². The third-order valence-corrected chi connectivity index (χ3v) is 11.1. The molecule has 4 aliphatic rings. The summed E-state index contributed by atoms with van der Waals surface area (Å²) in [6.45, 7) is 4.14. The molecule has 0 aliphatic heterocycles. The zero-order valence-corrected chi connectivity index (χ0v) is 21.6. The minimum atomic E-state index is -4.11. The standard InChI is InChI=1S/C25H43NO8S/c1-13(3-6-20(29)26-9-10-35(32,33)34)15-4-5-16-21(15)19(28)12-17-22(16)24(31)23(30)18-11-14(27)7-8-25(17,18)2/h13-19,21-24,27-28,30-31H,3-12H2,1-2H3,(H,26,29)(H,32,33,34)/t13-,14-,15?,16-,17+,18+,19+,21-,22+,23-,24+,25-/m1/s1. The van der Waals surface area contributed by atoms with E-state index < -0.39 is 40.3 Å². The summed E-state index contributed by atoms with van der Waals surface area (Å²) in [4.78, 5) is 12.1. The van der Waals surface area contributed by atoms with E-state index in [1.54, 1.807) is 0 Å². The van der Waals surface area contributed by atoms with Crippen LogP contribution < -0.4 is 5.32 Å². The lowest BCUT2D eigenvalue weighted by Crippen LogP contribution is -2.64. The van der Waals surface area contributed by atoms with E-state index in [-0.39, 0.29) is 65.7 Å². The van der Waals surface area contributed by atoms with Gasteiger partial charge in [-0.15, -0.1) is 0 Å². The molecule has 0 radical (unpaired) electrons. The summed E-state index contributed by atoms with van der Waals surface area (Å²) in [5.74, 6) is -0.382. The summed E-state index contributed by atoms with van der Waals surface area (Å²) in [5.41, 5.74) is -0.210. The van der Waals surface area contributed by atoms with E-state index in [0.29, 0.717) is 25.7 Å². The van der Waals surface area contributed by atoms with Gasteiger partial charge in [0.15, 0.2) is 0 Å². The minimum Gasteiger partial charge on any atom is -0.393 e.